The summed E-state index contributed by atoms with van der Waals surface area (Å²) in [7, 11) is 0. The minimum absolute atomic E-state index is 0.289. The number of nitrogens with zero attached hydrogens (tertiary/aromatic N) is 2. The maximum atomic E-state index is 5.59. The van der Waals surface area contributed by atoms with E-state index in [-0.39, 0.29) is 6.10 Å². The van der Waals surface area contributed by atoms with E-state index in [1.807, 2.05) is 6.92 Å². The Morgan fingerprint density at radius 2 is 2.39 bits per heavy atom. The first-order valence-corrected chi connectivity index (χ1v) is 6.48. The van der Waals surface area contributed by atoms with Gasteiger partial charge < -0.3 is 15.8 Å². The number of ether oxygens (including phenoxy) is 1. The number of thiocarbonyl (C=S) groups is 1. The van der Waals surface area contributed by atoms with Crippen LogP contribution in [0.2, 0.25) is 0 Å². The molecule has 1 saturated heterocycles. The number of anilines is 1. The molecule has 0 saturated carbocycles. The van der Waals surface area contributed by atoms with Crippen LogP contribution in [0.15, 0.2) is 6.07 Å². The predicted octanol–water partition coefficient (Wildman–Crippen LogP) is 1.26. The summed E-state index contributed by atoms with van der Waals surface area (Å²) in [4.78, 5) is 8.91. The maximum Gasteiger partial charge on any atom is 0.223 e. The first kappa shape index (κ1) is 13.2. The molecule has 98 valence electrons. The number of hydrogen-bond acceptors (Lipinski definition) is 5. The Bertz CT molecular complexity index is 452. The second-order valence-corrected chi connectivity index (χ2v) is 5.03. The van der Waals surface area contributed by atoms with Gasteiger partial charge >= 0.3 is 0 Å². The van der Waals surface area contributed by atoms with Crippen molar-refractivity contribution in [2.24, 2.45) is 11.7 Å². The van der Waals surface area contributed by atoms with Crippen LogP contribution in [0, 0.1) is 12.8 Å². The molecule has 0 bridgehead atoms. The number of aryl methyl sites for hydroxylation is 1. The summed E-state index contributed by atoms with van der Waals surface area (Å²) < 4.78 is 5.52. The molecular weight excluding hydrogens is 248 g/mol. The molecule has 1 aliphatic rings. The molecule has 2 heterocycles. The molecule has 3 N–H and O–H groups in total. The van der Waals surface area contributed by atoms with Crippen molar-refractivity contribution in [1.29, 1.82) is 0 Å². The molecule has 0 amide bonds. The van der Waals surface area contributed by atoms with E-state index in [2.05, 4.69) is 22.2 Å². The molecule has 6 heteroatoms. The molecule has 2 rings (SSSR count). The number of aromatic nitrogens is 2. The average molecular weight is 266 g/mol. The third-order valence-corrected chi connectivity index (χ3v) is 3.37. The lowest BCUT2D eigenvalue weighted by molar-refractivity contribution is 0.108. The summed E-state index contributed by atoms with van der Waals surface area (Å²) in [6, 6.07) is 1.79. The summed E-state index contributed by atoms with van der Waals surface area (Å²) in [6.45, 7) is 5.63. The van der Waals surface area contributed by atoms with E-state index in [1.165, 1.54) is 0 Å². The topological polar surface area (TPSA) is 73.1 Å². The van der Waals surface area contributed by atoms with Crippen molar-refractivity contribution in [2.75, 3.05) is 18.5 Å². The fourth-order valence-electron chi connectivity index (χ4n) is 2.04. The average Bonchev–Trinajstić information content (AvgIpc) is 2.71. The highest BCUT2D eigenvalue weighted by Crippen LogP contribution is 2.20. The van der Waals surface area contributed by atoms with Crippen molar-refractivity contribution in [3.8, 4) is 0 Å². The molecule has 0 aromatic carbocycles. The van der Waals surface area contributed by atoms with Crippen LogP contribution in [0.4, 0.5) is 5.95 Å². The lowest BCUT2D eigenvalue weighted by Crippen LogP contribution is -2.22. The van der Waals surface area contributed by atoms with E-state index in [1.54, 1.807) is 6.07 Å². The third-order valence-electron chi connectivity index (χ3n) is 3.16. The van der Waals surface area contributed by atoms with Crippen molar-refractivity contribution >= 4 is 23.2 Å². The van der Waals surface area contributed by atoms with E-state index in [0.717, 1.165) is 25.3 Å². The van der Waals surface area contributed by atoms with Crippen LogP contribution in [0.1, 0.15) is 24.7 Å². The lowest BCUT2D eigenvalue weighted by atomic mass is 10.0. The van der Waals surface area contributed by atoms with Crippen molar-refractivity contribution < 1.29 is 4.74 Å². The number of nitrogens with two attached hydrogens (primary N) is 1. The van der Waals surface area contributed by atoms with Gasteiger partial charge in [0.1, 0.15) is 10.7 Å². The Labute approximate surface area is 112 Å². The van der Waals surface area contributed by atoms with Crippen LogP contribution in [-0.4, -0.2) is 34.2 Å². The highest BCUT2D eigenvalue weighted by atomic mass is 32.1. The van der Waals surface area contributed by atoms with Gasteiger partial charge in [0.2, 0.25) is 5.95 Å². The SMILES string of the molecule is Cc1cc(C(N)=S)nc(NCC2CCOC2C)n1. The quantitative estimate of drug-likeness (QED) is 0.799. The molecule has 1 aromatic heterocycles. The first-order valence-electron chi connectivity index (χ1n) is 6.07. The van der Waals surface area contributed by atoms with Gasteiger partial charge in [0.25, 0.3) is 0 Å². The third kappa shape index (κ3) is 3.14. The highest BCUT2D eigenvalue weighted by Gasteiger charge is 2.24. The van der Waals surface area contributed by atoms with Crippen LogP contribution in [-0.2, 0) is 4.74 Å². The van der Waals surface area contributed by atoms with E-state index >= 15 is 0 Å². The lowest BCUT2D eigenvalue weighted by Gasteiger charge is -2.15. The fourth-order valence-corrected chi connectivity index (χ4v) is 2.14. The van der Waals surface area contributed by atoms with Crippen LogP contribution < -0.4 is 11.1 Å². The first-order chi connectivity index (χ1) is 8.56. The monoisotopic (exact) mass is 266 g/mol. The van der Waals surface area contributed by atoms with Crippen LogP contribution in [0.5, 0.6) is 0 Å². The van der Waals surface area contributed by atoms with Crippen LogP contribution in [0.3, 0.4) is 0 Å². The van der Waals surface area contributed by atoms with E-state index in [0.29, 0.717) is 22.5 Å². The highest BCUT2D eigenvalue weighted by molar-refractivity contribution is 7.80. The molecule has 1 fully saturated rings. The summed E-state index contributed by atoms with van der Waals surface area (Å²) in [6.07, 6.45) is 1.36. The predicted molar refractivity (Wildman–Crippen MR) is 74.7 cm³/mol. The summed E-state index contributed by atoms with van der Waals surface area (Å²) in [5, 5.41) is 3.24. The van der Waals surface area contributed by atoms with Gasteiger partial charge in [-0.3, -0.25) is 0 Å². The van der Waals surface area contributed by atoms with Crippen molar-refractivity contribution in [1.82, 2.24) is 9.97 Å². The van der Waals surface area contributed by atoms with Gasteiger partial charge in [0.05, 0.1) is 6.10 Å². The fraction of sp³-hybridized carbons (Fsp3) is 0.583. The van der Waals surface area contributed by atoms with Gasteiger partial charge in [-0.25, -0.2) is 9.97 Å². The second kappa shape index (κ2) is 5.58. The number of hydrogen-bond donors (Lipinski definition) is 2. The van der Waals surface area contributed by atoms with E-state index in [9.17, 15) is 0 Å². The zero-order valence-corrected chi connectivity index (χ0v) is 11.5. The van der Waals surface area contributed by atoms with Crippen molar-refractivity contribution in [2.45, 2.75) is 26.4 Å². The van der Waals surface area contributed by atoms with Crippen LogP contribution in [0.25, 0.3) is 0 Å². The molecule has 2 unspecified atom stereocenters. The van der Waals surface area contributed by atoms with Crippen molar-refractivity contribution in [3.05, 3.63) is 17.5 Å². The van der Waals surface area contributed by atoms with Gasteiger partial charge in [-0.1, -0.05) is 12.2 Å². The number of nitrogens with one attached hydrogen (secondary N) is 1. The Balaban J connectivity index is 2.02. The minimum atomic E-state index is 0.289. The van der Waals surface area contributed by atoms with Crippen LogP contribution >= 0.6 is 12.2 Å². The Hall–Kier alpha value is -1.27. The molecule has 18 heavy (non-hydrogen) atoms. The number of rotatable bonds is 4. The molecule has 5 nitrogen and oxygen atoms in total. The summed E-state index contributed by atoms with van der Waals surface area (Å²) in [5.74, 6) is 1.08. The molecule has 2 atom stereocenters. The molecule has 1 aromatic rings. The second-order valence-electron chi connectivity index (χ2n) is 4.59. The Morgan fingerprint density at radius 3 is 3.00 bits per heavy atom. The summed E-state index contributed by atoms with van der Waals surface area (Å²) >= 11 is 4.93. The standard InChI is InChI=1S/C12H18N4OS/c1-7-5-10(11(13)18)16-12(15-7)14-6-9-3-4-17-8(9)2/h5,8-9H,3-4,6H2,1-2H3,(H2,13,18)(H,14,15,16). The van der Waals surface area contributed by atoms with E-state index in [4.69, 9.17) is 22.7 Å². The van der Waals surface area contributed by atoms with Gasteiger partial charge in [-0.15, -0.1) is 0 Å². The van der Waals surface area contributed by atoms with Crippen molar-refractivity contribution in [3.63, 3.8) is 0 Å². The molecular formula is C12H18N4OS. The molecule has 0 radical (unpaired) electrons. The molecule has 0 aliphatic carbocycles. The smallest absolute Gasteiger partial charge is 0.223 e. The summed E-state index contributed by atoms with van der Waals surface area (Å²) in [5.41, 5.74) is 7.05. The largest absolute Gasteiger partial charge is 0.388 e. The van der Waals surface area contributed by atoms with Gasteiger partial charge in [0, 0.05) is 24.8 Å². The normalized spacial score (nSPS) is 23.0. The Morgan fingerprint density at radius 1 is 1.61 bits per heavy atom. The van der Waals surface area contributed by atoms with Gasteiger partial charge in [0.15, 0.2) is 0 Å². The Kier molecular flexibility index (Phi) is 4.08. The molecule has 0 spiro atoms. The van der Waals surface area contributed by atoms with E-state index < -0.39 is 0 Å². The maximum absolute atomic E-state index is 5.59. The van der Waals surface area contributed by atoms with Gasteiger partial charge in [-0.2, -0.15) is 0 Å². The molecule has 1 aliphatic heterocycles. The minimum Gasteiger partial charge on any atom is -0.388 e. The zero-order chi connectivity index (χ0) is 13.1. The zero-order valence-electron chi connectivity index (χ0n) is 10.6. The van der Waals surface area contributed by atoms with Gasteiger partial charge in [-0.05, 0) is 26.3 Å².